The van der Waals surface area contributed by atoms with Crippen LogP contribution in [0.25, 0.3) is 0 Å². The highest BCUT2D eigenvalue weighted by molar-refractivity contribution is 7.91. The monoisotopic (exact) mass is 257 g/mol. The van der Waals surface area contributed by atoms with E-state index in [1.807, 2.05) is 11.9 Å². The first-order chi connectivity index (χ1) is 7.96. The number of sulfone groups is 1. The predicted octanol–water partition coefficient (Wildman–Crippen LogP) is 1.44. The van der Waals surface area contributed by atoms with E-state index in [1.54, 1.807) is 12.1 Å². The second-order valence-corrected chi connectivity index (χ2v) is 6.83. The van der Waals surface area contributed by atoms with Gasteiger partial charge in [0.25, 0.3) is 0 Å². The minimum atomic E-state index is -2.84. The summed E-state index contributed by atoms with van der Waals surface area (Å²) in [5.41, 5.74) is 0.998. The van der Waals surface area contributed by atoms with Gasteiger partial charge in [-0.1, -0.05) is 12.1 Å². The van der Waals surface area contributed by atoms with Crippen LogP contribution in [0.15, 0.2) is 24.3 Å². The molecule has 1 atom stereocenters. The first-order valence-corrected chi connectivity index (χ1v) is 7.43. The Kier molecular flexibility index (Phi) is 3.49. The molecule has 1 fully saturated rings. The Labute approximate surface area is 101 Å². The number of benzene rings is 1. The van der Waals surface area contributed by atoms with Crippen molar-refractivity contribution in [3.05, 3.63) is 35.6 Å². The van der Waals surface area contributed by atoms with Gasteiger partial charge in [-0.15, -0.1) is 0 Å². The van der Waals surface area contributed by atoms with Crippen molar-refractivity contribution in [3.8, 4) is 0 Å². The minimum absolute atomic E-state index is 0.0880. The van der Waals surface area contributed by atoms with Gasteiger partial charge in [0.15, 0.2) is 9.84 Å². The largest absolute Gasteiger partial charge is 0.298 e. The molecule has 0 aromatic heterocycles. The van der Waals surface area contributed by atoms with Crippen LogP contribution in [-0.2, 0) is 16.4 Å². The van der Waals surface area contributed by atoms with Crippen LogP contribution < -0.4 is 0 Å². The van der Waals surface area contributed by atoms with Crippen molar-refractivity contribution in [3.63, 3.8) is 0 Å². The van der Waals surface area contributed by atoms with Gasteiger partial charge >= 0.3 is 0 Å². The zero-order chi connectivity index (χ0) is 12.5. The van der Waals surface area contributed by atoms with Crippen molar-refractivity contribution >= 4 is 9.84 Å². The van der Waals surface area contributed by atoms with Crippen LogP contribution in [0.4, 0.5) is 4.39 Å². The normalized spacial score (nSPS) is 23.1. The molecule has 0 aliphatic carbocycles. The van der Waals surface area contributed by atoms with Gasteiger partial charge in [-0.2, -0.15) is 0 Å². The predicted molar refractivity (Wildman–Crippen MR) is 64.9 cm³/mol. The standard InChI is InChI=1S/C12H16FNO2S/c1-14(12-6-7-17(15,16)9-12)8-10-2-4-11(13)5-3-10/h2-5,12H,6-9H2,1H3/t12-/m0/s1. The summed E-state index contributed by atoms with van der Waals surface area (Å²) >= 11 is 0. The minimum Gasteiger partial charge on any atom is -0.298 e. The zero-order valence-electron chi connectivity index (χ0n) is 9.77. The molecule has 0 radical (unpaired) electrons. The third-order valence-electron chi connectivity index (χ3n) is 3.18. The number of hydrogen-bond donors (Lipinski definition) is 0. The van der Waals surface area contributed by atoms with Crippen LogP contribution in [-0.4, -0.2) is 37.9 Å². The summed E-state index contributed by atoms with van der Waals surface area (Å²) in [5, 5.41) is 0. The average Bonchev–Trinajstić information content (AvgIpc) is 2.62. The van der Waals surface area contributed by atoms with E-state index in [0.717, 1.165) is 5.56 Å². The highest BCUT2D eigenvalue weighted by Crippen LogP contribution is 2.18. The van der Waals surface area contributed by atoms with E-state index < -0.39 is 9.84 Å². The summed E-state index contributed by atoms with van der Waals surface area (Å²) in [6.07, 6.45) is 0.694. The topological polar surface area (TPSA) is 37.4 Å². The third kappa shape index (κ3) is 3.26. The molecule has 5 heteroatoms. The maximum atomic E-state index is 12.7. The van der Waals surface area contributed by atoms with Crippen molar-refractivity contribution in [2.45, 2.75) is 19.0 Å². The van der Waals surface area contributed by atoms with Crippen molar-refractivity contribution in [2.24, 2.45) is 0 Å². The van der Waals surface area contributed by atoms with Crippen molar-refractivity contribution in [1.82, 2.24) is 4.90 Å². The maximum Gasteiger partial charge on any atom is 0.151 e. The molecule has 1 saturated heterocycles. The summed E-state index contributed by atoms with van der Waals surface area (Å²) in [6.45, 7) is 0.653. The zero-order valence-corrected chi connectivity index (χ0v) is 10.6. The Morgan fingerprint density at radius 3 is 2.53 bits per heavy atom. The molecule has 1 aromatic carbocycles. The summed E-state index contributed by atoms with van der Waals surface area (Å²) < 4.78 is 35.5. The molecular formula is C12H16FNO2S. The average molecular weight is 257 g/mol. The molecule has 1 aromatic rings. The van der Waals surface area contributed by atoms with Gasteiger partial charge in [-0.05, 0) is 31.2 Å². The lowest BCUT2D eigenvalue weighted by atomic mass is 10.1. The molecular weight excluding hydrogens is 241 g/mol. The van der Waals surface area contributed by atoms with Crippen LogP contribution >= 0.6 is 0 Å². The molecule has 0 saturated carbocycles. The van der Waals surface area contributed by atoms with E-state index in [9.17, 15) is 12.8 Å². The van der Waals surface area contributed by atoms with Gasteiger partial charge in [0.2, 0.25) is 0 Å². The molecule has 1 aliphatic heterocycles. The fraction of sp³-hybridized carbons (Fsp3) is 0.500. The Morgan fingerprint density at radius 2 is 2.00 bits per heavy atom. The number of hydrogen-bond acceptors (Lipinski definition) is 3. The van der Waals surface area contributed by atoms with Crippen molar-refractivity contribution in [1.29, 1.82) is 0 Å². The van der Waals surface area contributed by atoms with Gasteiger partial charge in [0.1, 0.15) is 5.82 Å². The molecule has 0 unspecified atom stereocenters. The molecule has 2 rings (SSSR count). The fourth-order valence-corrected chi connectivity index (χ4v) is 3.94. The SMILES string of the molecule is CN(Cc1ccc(F)cc1)[C@H]1CCS(=O)(=O)C1. The molecule has 3 nitrogen and oxygen atoms in total. The van der Waals surface area contributed by atoms with Gasteiger partial charge in [-0.3, -0.25) is 4.90 Å². The first-order valence-electron chi connectivity index (χ1n) is 5.61. The molecule has 17 heavy (non-hydrogen) atoms. The lowest BCUT2D eigenvalue weighted by Gasteiger charge is -2.22. The van der Waals surface area contributed by atoms with Crippen LogP contribution in [0, 0.1) is 5.82 Å². The molecule has 0 bridgehead atoms. The van der Waals surface area contributed by atoms with Crippen molar-refractivity contribution in [2.75, 3.05) is 18.6 Å². The lowest BCUT2D eigenvalue weighted by molar-refractivity contribution is 0.254. The van der Waals surface area contributed by atoms with Crippen LogP contribution in [0.2, 0.25) is 0 Å². The molecule has 94 valence electrons. The van der Waals surface area contributed by atoms with E-state index in [2.05, 4.69) is 0 Å². The molecule has 0 spiro atoms. The number of rotatable bonds is 3. The molecule has 1 heterocycles. The van der Waals surface area contributed by atoms with Gasteiger partial charge < -0.3 is 0 Å². The number of nitrogens with zero attached hydrogens (tertiary/aromatic N) is 1. The maximum absolute atomic E-state index is 12.7. The van der Waals surface area contributed by atoms with E-state index >= 15 is 0 Å². The summed E-state index contributed by atoms with van der Waals surface area (Å²) in [7, 11) is -0.930. The Morgan fingerprint density at radius 1 is 1.35 bits per heavy atom. The van der Waals surface area contributed by atoms with Crippen LogP contribution in [0.1, 0.15) is 12.0 Å². The Bertz CT molecular complexity index is 484. The Hall–Kier alpha value is -0.940. The highest BCUT2D eigenvalue weighted by atomic mass is 32.2. The van der Waals surface area contributed by atoms with Gasteiger partial charge in [-0.25, -0.2) is 12.8 Å². The smallest absolute Gasteiger partial charge is 0.151 e. The molecule has 0 amide bonds. The van der Waals surface area contributed by atoms with E-state index in [1.165, 1.54) is 12.1 Å². The third-order valence-corrected chi connectivity index (χ3v) is 4.93. The summed E-state index contributed by atoms with van der Waals surface area (Å²) in [5.74, 6) is 0.274. The lowest BCUT2D eigenvalue weighted by Crippen LogP contribution is -2.32. The van der Waals surface area contributed by atoms with Gasteiger partial charge in [0, 0.05) is 12.6 Å². The molecule has 1 aliphatic rings. The van der Waals surface area contributed by atoms with Crippen LogP contribution in [0.5, 0.6) is 0 Å². The number of halogens is 1. The highest BCUT2D eigenvalue weighted by Gasteiger charge is 2.30. The quantitative estimate of drug-likeness (QED) is 0.822. The second kappa shape index (κ2) is 4.74. The molecule has 0 N–H and O–H groups in total. The van der Waals surface area contributed by atoms with E-state index in [0.29, 0.717) is 13.0 Å². The van der Waals surface area contributed by atoms with Crippen LogP contribution in [0.3, 0.4) is 0 Å². The summed E-state index contributed by atoms with van der Waals surface area (Å²) in [6, 6.07) is 6.40. The first kappa shape index (κ1) is 12.5. The summed E-state index contributed by atoms with van der Waals surface area (Å²) in [4.78, 5) is 2.03. The fourth-order valence-electron chi connectivity index (χ4n) is 2.13. The van der Waals surface area contributed by atoms with Gasteiger partial charge in [0.05, 0.1) is 11.5 Å². The van der Waals surface area contributed by atoms with E-state index in [4.69, 9.17) is 0 Å². The Balaban J connectivity index is 1.98. The second-order valence-electron chi connectivity index (χ2n) is 4.60. The van der Waals surface area contributed by atoms with Crippen molar-refractivity contribution < 1.29 is 12.8 Å². The van der Waals surface area contributed by atoms with E-state index in [-0.39, 0.29) is 23.4 Å².